The van der Waals surface area contributed by atoms with Crippen molar-refractivity contribution in [3.8, 4) is 12.8 Å². The molecule has 8 heteroatoms. The number of hydrogen-bond acceptors (Lipinski definition) is 8. The first-order valence-corrected chi connectivity index (χ1v) is 21.5. The zero-order valence-electron chi connectivity index (χ0n) is 36.3. The lowest BCUT2D eigenvalue weighted by Gasteiger charge is -2.60. The molecule has 4 unspecified atom stereocenters. The number of fused-ring (bicyclic) bond motifs is 2. The largest absolute Gasteiger partial charge is 0.460 e. The Balaban J connectivity index is 0.00000114. The summed E-state index contributed by atoms with van der Waals surface area (Å²) in [7, 11) is 0. The van der Waals surface area contributed by atoms with Crippen molar-refractivity contribution in [3.05, 3.63) is 0 Å². The third-order valence-corrected chi connectivity index (χ3v) is 15.2. The molecule has 310 valence electrons. The highest BCUT2D eigenvalue weighted by atomic mass is 16.7. The number of ether oxygens (including phenoxy) is 3. The third kappa shape index (κ3) is 8.43. The molecule has 0 bridgehead atoms. The molecule has 5 aliphatic carbocycles. The van der Waals surface area contributed by atoms with E-state index < -0.39 is 30.2 Å². The summed E-state index contributed by atoms with van der Waals surface area (Å²) in [5, 5.41) is 42.5. The van der Waals surface area contributed by atoms with Gasteiger partial charge in [-0.05, 0) is 129 Å². The molecular formula is C45H82O8. The maximum absolute atomic E-state index is 11.8. The molecule has 6 aliphatic rings. The van der Waals surface area contributed by atoms with Crippen molar-refractivity contribution >= 4 is 5.97 Å². The predicted octanol–water partition coefficient (Wildman–Crippen LogP) is 8.55. The first-order valence-electron chi connectivity index (χ1n) is 21.5. The highest BCUT2D eigenvalue weighted by molar-refractivity contribution is 5.66. The first kappa shape index (κ1) is 47.9. The van der Waals surface area contributed by atoms with Crippen LogP contribution in [0.2, 0.25) is 0 Å². The Morgan fingerprint density at radius 2 is 1.45 bits per heavy atom. The Hall–Kier alpha value is -1.21. The second-order valence-corrected chi connectivity index (χ2v) is 17.9. The predicted molar refractivity (Wildman–Crippen MR) is 214 cm³/mol. The summed E-state index contributed by atoms with van der Waals surface area (Å²) in [6, 6.07) is 0. The number of carbonyl (C=O) groups excluding carboxylic acids is 1. The summed E-state index contributed by atoms with van der Waals surface area (Å²) < 4.78 is 17.9. The van der Waals surface area contributed by atoms with E-state index in [-0.39, 0.29) is 47.4 Å². The zero-order valence-corrected chi connectivity index (χ0v) is 36.3. The molecule has 0 aromatic carbocycles. The van der Waals surface area contributed by atoms with Crippen molar-refractivity contribution in [1.82, 2.24) is 0 Å². The fourth-order valence-electron chi connectivity index (χ4n) is 13.3. The van der Waals surface area contributed by atoms with Crippen LogP contribution in [0.1, 0.15) is 161 Å². The molecule has 6 rings (SSSR count). The summed E-state index contributed by atoms with van der Waals surface area (Å²) >= 11 is 0. The number of esters is 1. The van der Waals surface area contributed by atoms with E-state index in [0.717, 1.165) is 25.7 Å². The van der Waals surface area contributed by atoms with E-state index in [9.17, 15) is 25.2 Å². The molecule has 53 heavy (non-hydrogen) atoms. The standard InChI is InChI=1S/C37H62O8.3C2H6.C2H2/c1-20(9-12-30(34(6,7)42)44-22(3)38)32-26(40)17-24-23-10-11-28-33(4,5)29(45-31-18-25(39)27(41)19-43-31)13-14-37(28)21(2)36(23,37)16-15-35(24,32)8;4*1-2/h20-21,23-32,39-42H,9-19H2,1-8H3;3*1-2H3;1-2H/t20-,21+,23+,24?,25-,26-,27-,28?,29+,30+,31+,32?,35+,36+,37?;;;;/m1..../s1. The number of hydrogen-bond donors (Lipinski definition) is 4. The fraction of sp³-hybridized carbons (Fsp3) is 0.933. The van der Waals surface area contributed by atoms with E-state index in [1.54, 1.807) is 13.8 Å². The van der Waals surface area contributed by atoms with E-state index in [0.29, 0.717) is 47.3 Å². The lowest BCUT2D eigenvalue weighted by molar-refractivity contribution is -0.264. The molecule has 0 radical (unpaired) electrons. The van der Waals surface area contributed by atoms with Crippen LogP contribution >= 0.6 is 0 Å². The van der Waals surface area contributed by atoms with Gasteiger partial charge in [0.2, 0.25) is 0 Å². The number of terminal acetylenes is 1. The SMILES string of the molecule is C#C.CC.CC.CC.CC(=O)O[C@@H](CC[C@@H](C)C1[C@H](O)CC2[C@@H]3CCC4C(C)(C)[C@@H](O[C@H]5C[C@@H](O)[C@H](O)CO5)CCC45[C@@H](C)[C@@]35CC[C@]12C)C(C)(C)O. The number of rotatable bonds is 8. The summed E-state index contributed by atoms with van der Waals surface area (Å²) in [5.74, 6) is 2.47. The number of aliphatic hydroxyl groups excluding tert-OH is 3. The first-order chi connectivity index (χ1) is 24.9. The Labute approximate surface area is 324 Å². The van der Waals surface area contributed by atoms with Crippen molar-refractivity contribution in [2.75, 3.05) is 6.61 Å². The van der Waals surface area contributed by atoms with Gasteiger partial charge in [0.15, 0.2) is 6.29 Å². The summed E-state index contributed by atoms with van der Waals surface area (Å²) in [6.45, 7) is 29.0. The smallest absolute Gasteiger partial charge is 0.303 e. The number of aliphatic hydroxyl groups is 4. The van der Waals surface area contributed by atoms with Crippen molar-refractivity contribution in [1.29, 1.82) is 0 Å². The van der Waals surface area contributed by atoms with Crippen LogP contribution in [0, 0.1) is 70.0 Å². The average molecular weight is 751 g/mol. The minimum atomic E-state index is -1.11. The van der Waals surface area contributed by atoms with Crippen LogP contribution in [0.4, 0.5) is 0 Å². The monoisotopic (exact) mass is 751 g/mol. The van der Waals surface area contributed by atoms with Crippen LogP contribution in [-0.2, 0) is 19.0 Å². The molecule has 0 amide bonds. The maximum Gasteiger partial charge on any atom is 0.303 e. The summed E-state index contributed by atoms with van der Waals surface area (Å²) in [5.41, 5.74) is -0.386. The van der Waals surface area contributed by atoms with Crippen LogP contribution in [-0.4, -0.2) is 75.4 Å². The molecule has 2 spiro atoms. The zero-order chi connectivity index (χ0) is 40.9. The second kappa shape index (κ2) is 18.8. The van der Waals surface area contributed by atoms with Gasteiger partial charge in [0.25, 0.3) is 0 Å². The molecule has 5 saturated carbocycles. The molecule has 1 saturated heterocycles. The van der Waals surface area contributed by atoms with Crippen LogP contribution in [0.5, 0.6) is 0 Å². The number of carbonyl (C=O) groups is 1. The van der Waals surface area contributed by atoms with E-state index in [4.69, 9.17) is 14.2 Å². The average Bonchev–Trinajstić information content (AvgIpc) is 3.52. The van der Waals surface area contributed by atoms with Crippen LogP contribution < -0.4 is 0 Å². The Bertz CT molecular complexity index is 1160. The van der Waals surface area contributed by atoms with E-state index in [1.165, 1.54) is 32.6 Å². The molecule has 1 heterocycles. The molecule has 15 atom stereocenters. The van der Waals surface area contributed by atoms with Gasteiger partial charge in [0.1, 0.15) is 12.2 Å². The second-order valence-electron chi connectivity index (χ2n) is 17.9. The molecule has 4 N–H and O–H groups in total. The molecule has 0 aromatic heterocycles. The van der Waals surface area contributed by atoms with Crippen molar-refractivity contribution in [3.63, 3.8) is 0 Å². The highest BCUT2D eigenvalue weighted by Gasteiger charge is 2.84. The van der Waals surface area contributed by atoms with E-state index in [2.05, 4.69) is 47.5 Å². The Kier molecular flexibility index (Phi) is 17.0. The van der Waals surface area contributed by atoms with Crippen LogP contribution in [0.15, 0.2) is 0 Å². The van der Waals surface area contributed by atoms with Gasteiger partial charge in [-0.3, -0.25) is 4.79 Å². The lowest BCUT2D eigenvalue weighted by Crippen LogP contribution is -2.56. The highest BCUT2D eigenvalue weighted by Crippen LogP contribution is 2.89. The van der Waals surface area contributed by atoms with E-state index in [1.807, 2.05) is 41.5 Å². The quantitative estimate of drug-likeness (QED) is 0.111. The van der Waals surface area contributed by atoms with Crippen molar-refractivity contribution in [2.45, 2.75) is 204 Å². The summed E-state index contributed by atoms with van der Waals surface area (Å²) in [6.07, 6.45) is 14.6. The fourth-order valence-corrected chi connectivity index (χ4v) is 13.3. The lowest BCUT2D eigenvalue weighted by atomic mass is 9.46. The third-order valence-electron chi connectivity index (χ3n) is 15.2. The minimum absolute atomic E-state index is 0.0166. The van der Waals surface area contributed by atoms with Gasteiger partial charge in [0.05, 0.1) is 30.5 Å². The molecule has 1 aliphatic heterocycles. The topological polar surface area (TPSA) is 126 Å². The van der Waals surface area contributed by atoms with Gasteiger partial charge in [-0.25, -0.2) is 0 Å². The van der Waals surface area contributed by atoms with Crippen LogP contribution in [0.3, 0.4) is 0 Å². The molecule has 8 nitrogen and oxygen atoms in total. The molecule has 6 fully saturated rings. The van der Waals surface area contributed by atoms with Gasteiger partial charge in [-0.15, -0.1) is 12.8 Å². The Morgan fingerprint density at radius 1 is 0.849 bits per heavy atom. The van der Waals surface area contributed by atoms with E-state index >= 15 is 0 Å². The van der Waals surface area contributed by atoms with Gasteiger partial charge in [-0.2, -0.15) is 0 Å². The van der Waals surface area contributed by atoms with Crippen LogP contribution in [0.25, 0.3) is 0 Å². The minimum Gasteiger partial charge on any atom is -0.460 e. The Morgan fingerprint density at radius 3 is 2.00 bits per heavy atom. The normalized spacial score (nSPS) is 42.8. The molecular weight excluding hydrogens is 668 g/mol. The maximum atomic E-state index is 11.8. The van der Waals surface area contributed by atoms with Crippen molar-refractivity contribution in [2.24, 2.45) is 57.2 Å². The van der Waals surface area contributed by atoms with Gasteiger partial charge in [0, 0.05) is 13.3 Å². The van der Waals surface area contributed by atoms with Gasteiger partial charge in [-0.1, -0.05) is 76.2 Å². The van der Waals surface area contributed by atoms with Crippen molar-refractivity contribution < 1.29 is 39.4 Å². The molecule has 0 aromatic rings. The summed E-state index contributed by atoms with van der Waals surface area (Å²) in [4.78, 5) is 11.8. The van der Waals surface area contributed by atoms with Gasteiger partial charge >= 0.3 is 5.97 Å². The van der Waals surface area contributed by atoms with Gasteiger partial charge < -0.3 is 34.6 Å².